The lowest BCUT2D eigenvalue weighted by atomic mass is 10.0. The first-order valence-corrected chi connectivity index (χ1v) is 12.7. The lowest BCUT2D eigenvalue weighted by molar-refractivity contribution is -0.140. The molecule has 0 aliphatic rings. The average molecular weight is 532 g/mol. The van der Waals surface area contributed by atoms with Crippen molar-refractivity contribution in [2.45, 2.75) is 39.3 Å². The van der Waals surface area contributed by atoms with Gasteiger partial charge < -0.3 is 10.2 Å². The third-order valence-corrected chi connectivity index (χ3v) is 6.51. The first kappa shape index (κ1) is 27.1. The molecule has 0 saturated carbocycles. The van der Waals surface area contributed by atoms with Gasteiger partial charge in [-0.25, -0.2) is 0 Å². The Balaban J connectivity index is 1.96. The maximum Gasteiger partial charge on any atom is 0.243 e. The molecule has 0 aliphatic carbocycles. The van der Waals surface area contributed by atoms with Crippen LogP contribution in [-0.2, 0) is 29.0 Å². The zero-order valence-electron chi connectivity index (χ0n) is 19.8. The molecule has 3 aromatic carbocycles. The molecule has 0 radical (unpaired) electrons. The lowest BCUT2D eigenvalue weighted by Crippen LogP contribution is -2.51. The van der Waals surface area contributed by atoms with Crippen LogP contribution in [0.1, 0.15) is 30.5 Å². The van der Waals surface area contributed by atoms with E-state index in [1.807, 2.05) is 62.4 Å². The van der Waals surface area contributed by atoms with Crippen molar-refractivity contribution in [3.05, 3.63) is 105 Å². The van der Waals surface area contributed by atoms with E-state index in [0.29, 0.717) is 28.0 Å². The first-order chi connectivity index (χ1) is 16.7. The van der Waals surface area contributed by atoms with Gasteiger partial charge in [0.15, 0.2) is 0 Å². The number of benzene rings is 3. The Morgan fingerprint density at radius 3 is 2.20 bits per heavy atom. The maximum atomic E-state index is 13.7. The van der Waals surface area contributed by atoms with Gasteiger partial charge in [-0.15, -0.1) is 0 Å². The minimum absolute atomic E-state index is 0.0835. The van der Waals surface area contributed by atoms with Gasteiger partial charge in [0.1, 0.15) is 6.04 Å². The fraction of sp³-hybridized carbons (Fsp3) is 0.286. The summed E-state index contributed by atoms with van der Waals surface area (Å²) in [7, 11) is 0. The number of hydrogen-bond acceptors (Lipinski definition) is 2. The molecule has 0 heterocycles. The highest BCUT2D eigenvalue weighted by Gasteiger charge is 2.30. The Kier molecular flexibility index (Phi) is 10.0. The number of nitrogens with zero attached hydrogens (tertiary/aromatic N) is 1. The molecule has 1 atom stereocenters. The van der Waals surface area contributed by atoms with Crippen LogP contribution in [0, 0.1) is 5.92 Å². The van der Waals surface area contributed by atoms with Gasteiger partial charge in [-0.1, -0.05) is 97.2 Å². The van der Waals surface area contributed by atoms with Gasteiger partial charge in [0.05, 0.1) is 16.5 Å². The molecule has 0 unspecified atom stereocenters. The Bertz CT molecular complexity index is 1150. The Morgan fingerprint density at radius 1 is 0.829 bits per heavy atom. The van der Waals surface area contributed by atoms with Crippen molar-refractivity contribution in [1.29, 1.82) is 0 Å². The quantitative estimate of drug-likeness (QED) is 0.320. The van der Waals surface area contributed by atoms with E-state index in [0.717, 1.165) is 16.7 Å². The fourth-order valence-electron chi connectivity index (χ4n) is 3.73. The van der Waals surface area contributed by atoms with Crippen LogP contribution < -0.4 is 5.32 Å². The number of carbonyl (C=O) groups excluding carboxylic acids is 2. The Hall–Kier alpha value is -2.53. The summed E-state index contributed by atoms with van der Waals surface area (Å²) in [4.78, 5) is 28.8. The standard InChI is InChI=1S/C28H29Cl3N2O2/c1-19(2)17-32-28(35)26(15-20-7-4-3-5-8-20)33(18-22-9-6-10-23(29)13-22)27(34)16-21-11-12-24(30)25(31)14-21/h3-14,19,26H,15-18H2,1-2H3,(H,32,35)/t26-/m0/s1. The molecule has 184 valence electrons. The summed E-state index contributed by atoms with van der Waals surface area (Å²) < 4.78 is 0. The van der Waals surface area contributed by atoms with Crippen molar-refractivity contribution in [2.24, 2.45) is 5.92 Å². The number of halogens is 3. The number of hydrogen-bond donors (Lipinski definition) is 1. The van der Waals surface area contributed by atoms with Crippen LogP contribution in [0.2, 0.25) is 15.1 Å². The van der Waals surface area contributed by atoms with Gasteiger partial charge in [0.2, 0.25) is 11.8 Å². The second-order valence-corrected chi connectivity index (χ2v) is 10.2. The summed E-state index contributed by atoms with van der Waals surface area (Å²) in [5.41, 5.74) is 2.53. The highest BCUT2D eigenvalue weighted by molar-refractivity contribution is 6.42. The Morgan fingerprint density at radius 2 is 1.54 bits per heavy atom. The SMILES string of the molecule is CC(C)CNC(=O)[C@H](Cc1ccccc1)N(Cc1cccc(Cl)c1)C(=O)Cc1ccc(Cl)c(Cl)c1. The van der Waals surface area contributed by atoms with Crippen molar-refractivity contribution in [3.8, 4) is 0 Å². The van der Waals surface area contributed by atoms with E-state index in [1.54, 1.807) is 29.2 Å². The van der Waals surface area contributed by atoms with E-state index in [-0.39, 0.29) is 30.7 Å². The highest BCUT2D eigenvalue weighted by Crippen LogP contribution is 2.24. The molecule has 35 heavy (non-hydrogen) atoms. The summed E-state index contributed by atoms with van der Waals surface area (Å²) >= 11 is 18.4. The topological polar surface area (TPSA) is 49.4 Å². The number of carbonyl (C=O) groups is 2. The second kappa shape index (κ2) is 13.0. The summed E-state index contributed by atoms with van der Waals surface area (Å²) in [5.74, 6) is -0.0966. The zero-order valence-corrected chi connectivity index (χ0v) is 22.1. The van der Waals surface area contributed by atoms with E-state index >= 15 is 0 Å². The predicted molar refractivity (Wildman–Crippen MR) is 144 cm³/mol. The molecule has 0 spiro atoms. The van der Waals surface area contributed by atoms with Crippen molar-refractivity contribution < 1.29 is 9.59 Å². The smallest absolute Gasteiger partial charge is 0.243 e. The third kappa shape index (κ3) is 8.28. The molecule has 0 saturated heterocycles. The maximum absolute atomic E-state index is 13.7. The molecule has 3 aromatic rings. The average Bonchev–Trinajstić information content (AvgIpc) is 2.82. The fourth-order valence-corrected chi connectivity index (χ4v) is 4.27. The van der Waals surface area contributed by atoms with E-state index in [1.165, 1.54) is 0 Å². The van der Waals surface area contributed by atoms with Crippen molar-refractivity contribution in [2.75, 3.05) is 6.54 Å². The predicted octanol–water partition coefficient (Wildman–Crippen LogP) is 6.60. The van der Waals surface area contributed by atoms with Crippen LogP contribution in [0.5, 0.6) is 0 Å². The van der Waals surface area contributed by atoms with Gasteiger partial charge in [-0.2, -0.15) is 0 Å². The van der Waals surface area contributed by atoms with Crippen LogP contribution in [0.4, 0.5) is 0 Å². The molecule has 2 amide bonds. The number of amides is 2. The van der Waals surface area contributed by atoms with Gasteiger partial charge in [0, 0.05) is 24.5 Å². The van der Waals surface area contributed by atoms with Gasteiger partial charge in [0.25, 0.3) is 0 Å². The molecule has 0 aliphatic heterocycles. The zero-order chi connectivity index (χ0) is 25.4. The van der Waals surface area contributed by atoms with Crippen molar-refractivity contribution in [1.82, 2.24) is 10.2 Å². The normalized spacial score (nSPS) is 11.8. The monoisotopic (exact) mass is 530 g/mol. The molecular formula is C28H29Cl3N2O2. The van der Waals surface area contributed by atoms with E-state index in [2.05, 4.69) is 5.32 Å². The number of rotatable bonds is 10. The molecular weight excluding hydrogens is 503 g/mol. The van der Waals surface area contributed by atoms with Crippen LogP contribution in [-0.4, -0.2) is 29.3 Å². The molecule has 0 fully saturated rings. The minimum atomic E-state index is -0.703. The molecule has 0 aromatic heterocycles. The largest absolute Gasteiger partial charge is 0.354 e. The number of nitrogens with one attached hydrogen (secondary N) is 1. The van der Waals surface area contributed by atoms with Crippen LogP contribution in [0.25, 0.3) is 0 Å². The minimum Gasteiger partial charge on any atom is -0.354 e. The van der Waals surface area contributed by atoms with Gasteiger partial charge in [-0.05, 0) is 46.9 Å². The second-order valence-electron chi connectivity index (χ2n) is 8.92. The van der Waals surface area contributed by atoms with E-state index < -0.39 is 6.04 Å². The van der Waals surface area contributed by atoms with Gasteiger partial charge >= 0.3 is 0 Å². The van der Waals surface area contributed by atoms with Crippen LogP contribution >= 0.6 is 34.8 Å². The van der Waals surface area contributed by atoms with Crippen LogP contribution in [0.3, 0.4) is 0 Å². The van der Waals surface area contributed by atoms with E-state index in [9.17, 15) is 9.59 Å². The summed E-state index contributed by atoms with van der Waals surface area (Å²) in [6.07, 6.45) is 0.471. The molecule has 3 rings (SSSR count). The molecule has 1 N–H and O–H groups in total. The first-order valence-electron chi connectivity index (χ1n) is 11.5. The third-order valence-electron chi connectivity index (χ3n) is 5.54. The molecule has 4 nitrogen and oxygen atoms in total. The van der Waals surface area contributed by atoms with Crippen LogP contribution in [0.15, 0.2) is 72.8 Å². The van der Waals surface area contributed by atoms with Gasteiger partial charge in [-0.3, -0.25) is 9.59 Å². The molecule has 0 bridgehead atoms. The lowest BCUT2D eigenvalue weighted by Gasteiger charge is -2.32. The summed E-state index contributed by atoms with van der Waals surface area (Å²) in [5, 5.41) is 4.40. The van der Waals surface area contributed by atoms with Crippen molar-refractivity contribution >= 4 is 46.6 Å². The summed E-state index contributed by atoms with van der Waals surface area (Å²) in [6.45, 7) is 4.83. The highest BCUT2D eigenvalue weighted by atomic mass is 35.5. The van der Waals surface area contributed by atoms with Crippen molar-refractivity contribution in [3.63, 3.8) is 0 Å². The molecule has 7 heteroatoms. The van der Waals surface area contributed by atoms with E-state index in [4.69, 9.17) is 34.8 Å². The summed E-state index contributed by atoms with van der Waals surface area (Å²) in [6, 6.07) is 21.5. The Labute approximate surface area is 222 Å².